The van der Waals surface area contributed by atoms with Gasteiger partial charge in [-0.15, -0.1) is 0 Å². The first-order valence-corrected chi connectivity index (χ1v) is 4.60. The van der Waals surface area contributed by atoms with Crippen LogP contribution in [0.3, 0.4) is 0 Å². The van der Waals surface area contributed by atoms with Crippen LogP contribution in [0.1, 0.15) is 21.6 Å². The number of aromatic nitrogens is 1. The Labute approximate surface area is 81.8 Å². The Morgan fingerprint density at radius 1 is 1.21 bits per heavy atom. The van der Waals surface area contributed by atoms with E-state index >= 15 is 0 Å². The van der Waals surface area contributed by atoms with Crippen LogP contribution in [0.2, 0.25) is 0 Å². The van der Waals surface area contributed by atoms with Crippen LogP contribution in [-0.2, 0) is 0 Å². The van der Waals surface area contributed by atoms with E-state index in [1.165, 1.54) is 0 Å². The molecule has 1 aliphatic heterocycles. The predicted molar refractivity (Wildman–Crippen MR) is 53.9 cm³/mol. The van der Waals surface area contributed by atoms with Crippen molar-refractivity contribution in [1.82, 2.24) is 4.57 Å². The monoisotopic (exact) mass is 183 g/mol. The van der Waals surface area contributed by atoms with Crippen LogP contribution >= 0.6 is 0 Å². The van der Waals surface area contributed by atoms with Crippen molar-refractivity contribution in [1.29, 1.82) is 0 Å². The summed E-state index contributed by atoms with van der Waals surface area (Å²) in [7, 11) is 0. The Morgan fingerprint density at radius 3 is 2.93 bits per heavy atom. The molecule has 0 radical (unpaired) electrons. The van der Waals surface area contributed by atoms with Gasteiger partial charge in [-0.25, -0.2) is 0 Å². The second-order valence-electron chi connectivity index (χ2n) is 3.61. The van der Waals surface area contributed by atoms with Crippen LogP contribution in [0.15, 0.2) is 36.5 Å². The molecule has 2 heterocycles. The van der Waals surface area contributed by atoms with E-state index in [9.17, 15) is 4.79 Å². The standard InChI is InChI=1S/C12H9NO/c1-8-4-5-10-9(7-8)12(14)11-3-2-6-13(10)11/h2-7H,1H3. The second-order valence-corrected chi connectivity index (χ2v) is 3.61. The molecule has 0 saturated heterocycles. The summed E-state index contributed by atoms with van der Waals surface area (Å²) in [5, 5.41) is 0. The summed E-state index contributed by atoms with van der Waals surface area (Å²) in [5.41, 5.74) is 3.72. The summed E-state index contributed by atoms with van der Waals surface area (Å²) < 4.78 is 1.94. The van der Waals surface area contributed by atoms with Gasteiger partial charge in [0, 0.05) is 11.8 Å². The maximum atomic E-state index is 11.9. The summed E-state index contributed by atoms with van der Waals surface area (Å²) in [4.78, 5) is 11.9. The Morgan fingerprint density at radius 2 is 2.07 bits per heavy atom. The molecule has 1 aromatic carbocycles. The molecule has 1 aromatic heterocycles. The van der Waals surface area contributed by atoms with Crippen LogP contribution in [0.25, 0.3) is 5.69 Å². The van der Waals surface area contributed by atoms with Gasteiger partial charge in [0.2, 0.25) is 5.78 Å². The van der Waals surface area contributed by atoms with Crippen molar-refractivity contribution in [2.75, 3.05) is 0 Å². The van der Waals surface area contributed by atoms with Crippen molar-refractivity contribution in [3.05, 3.63) is 53.3 Å². The molecule has 0 saturated carbocycles. The van der Waals surface area contributed by atoms with Gasteiger partial charge in [-0.3, -0.25) is 4.79 Å². The van der Waals surface area contributed by atoms with Crippen molar-refractivity contribution in [3.8, 4) is 5.69 Å². The van der Waals surface area contributed by atoms with Gasteiger partial charge in [0.15, 0.2) is 0 Å². The fourth-order valence-corrected chi connectivity index (χ4v) is 1.96. The first-order chi connectivity index (χ1) is 6.77. The van der Waals surface area contributed by atoms with Crippen molar-refractivity contribution in [2.45, 2.75) is 6.92 Å². The highest BCUT2D eigenvalue weighted by molar-refractivity contribution is 6.14. The molecule has 0 bridgehead atoms. The number of ketones is 1. The molecule has 0 atom stereocenters. The minimum Gasteiger partial charge on any atom is -0.313 e. The molecule has 2 nitrogen and oxygen atoms in total. The van der Waals surface area contributed by atoms with Crippen molar-refractivity contribution < 1.29 is 4.79 Å². The Bertz CT molecular complexity index is 537. The Kier molecular flexibility index (Phi) is 1.27. The third kappa shape index (κ3) is 0.777. The zero-order valence-electron chi connectivity index (χ0n) is 7.82. The Hall–Kier alpha value is -1.83. The minimum absolute atomic E-state index is 0.133. The fraction of sp³-hybridized carbons (Fsp3) is 0.0833. The van der Waals surface area contributed by atoms with E-state index in [0.29, 0.717) is 0 Å². The second kappa shape index (κ2) is 2.35. The van der Waals surface area contributed by atoms with Crippen LogP contribution < -0.4 is 0 Å². The zero-order valence-corrected chi connectivity index (χ0v) is 7.82. The molecule has 0 amide bonds. The van der Waals surface area contributed by atoms with Gasteiger partial charge in [0.05, 0.1) is 11.4 Å². The lowest BCUT2D eigenvalue weighted by atomic mass is 10.1. The van der Waals surface area contributed by atoms with Crippen LogP contribution in [0.5, 0.6) is 0 Å². The van der Waals surface area contributed by atoms with Crippen LogP contribution in [0, 0.1) is 6.92 Å². The van der Waals surface area contributed by atoms with E-state index in [2.05, 4.69) is 0 Å². The molecule has 14 heavy (non-hydrogen) atoms. The van der Waals surface area contributed by atoms with Gasteiger partial charge in [0.25, 0.3) is 0 Å². The largest absolute Gasteiger partial charge is 0.313 e. The molecule has 0 aliphatic carbocycles. The highest BCUT2D eigenvalue weighted by atomic mass is 16.1. The molecule has 2 aromatic rings. The molecule has 0 fully saturated rings. The summed E-state index contributed by atoms with van der Waals surface area (Å²) >= 11 is 0. The van der Waals surface area contributed by atoms with E-state index in [1.54, 1.807) is 0 Å². The molecule has 1 aliphatic rings. The number of hydrogen-bond donors (Lipinski definition) is 0. The summed E-state index contributed by atoms with van der Waals surface area (Å²) in [6.45, 7) is 2.00. The van der Waals surface area contributed by atoms with Crippen molar-refractivity contribution in [3.63, 3.8) is 0 Å². The molecule has 0 N–H and O–H groups in total. The van der Waals surface area contributed by atoms with E-state index in [-0.39, 0.29) is 5.78 Å². The van der Waals surface area contributed by atoms with E-state index < -0.39 is 0 Å². The number of carbonyl (C=O) groups is 1. The smallest absolute Gasteiger partial charge is 0.211 e. The predicted octanol–water partition coefficient (Wildman–Crippen LogP) is 2.33. The first-order valence-electron chi connectivity index (χ1n) is 4.60. The van der Waals surface area contributed by atoms with Gasteiger partial charge < -0.3 is 4.57 Å². The number of fused-ring (bicyclic) bond motifs is 3. The number of benzene rings is 1. The molecule has 0 spiro atoms. The maximum Gasteiger partial charge on any atom is 0.211 e. The lowest BCUT2D eigenvalue weighted by Crippen LogP contribution is -1.94. The summed E-state index contributed by atoms with van der Waals surface area (Å²) in [6, 6.07) is 9.73. The van der Waals surface area contributed by atoms with E-state index in [0.717, 1.165) is 22.5 Å². The highest BCUT2D eigenvalue weighted by Crippen LogP contribution is 2.28. The highest BCUT2D eigenvalue weighted by Gasteiger charge is 2.25. The molecule has 0 unspecified atom stereocenters. The van der Waals surface area contributed by atoms with Gasteiger partial charge in [-0.1, -0.05) is 11.6 Å². The molecule has 2 heteroatoms. The van der Waals surface area contributed by atoms with Crippen LogP contribution in [0.4, 0.5) is 0 Å². The van der Waals surface area contributed by atoms with E-state index in [4.69, 9.17) is 0 Å². The van der Waals surface area contributed by atoms with Gasteiger partial charge in [-0.2, -0.15) is 0 Å². The number of rotatable bonds is 0. The summed E-state index contributed by atoms with van der Waals surface area (Å²) in [6.07, 6.45) is 1.92. The fourth-order valence-electron chi connectivity index (χ4n) is 1.96. The lowest BCUT2D eigenvalue weighted by Gasteiger charge is -2.00. The molecular weight excluding hydrogens is 174 g/mol. The molecular formula is C12H9NO. The normalized spacial score (nSPS) is 12.8. The maximum absolute atomic E-state index is 11.9. The third-order valence-electron chi connectivity index (χ3n) is 2.64. The number of nitrogens with zero attached hydrogens (tertiary/aromatic N) is 1. The van der Waals surface area contributed by atoms with Gasteiger partial charge >= 0.3 is 0 Å². The van der Waals surface area contributed by atoms with Crippen molar-refractivity contribution >= 4 is 5.78 Å². The zero-order chi connectivity index (χ0) is 9.71. The number of hydrogen-bond acceptors (Lipinski definition) is 1. The van der Waals surface area contributed by atoms with Crippen LogP contribution in [-0.4, -0.2) is 10.4 Å². The molecule has 68 valence electrons. The SMILES string of the molecule is Cc1ccc2c(c1)C(=O)c1cccn1-2. The first kappa shape index (κ1) is 7.56. The summed E-state index contributed by atoms with van der Waals surface area (Å²) in [5.74, 6) is 0.133. The third-order valence-corrected chi connectivity index (χ3v) is 2.64. The average molecular weight is 183 g/mol. The van der Waals surface area contributed by atoms with Crippen molar-refractivity contribution in [2.24, 2.45) is 0 Å². The van der Waals surface area contributed by atoms with Gasteiger partial charge in [0.1, 0.15) is 0 Å². The Balaban J connectivity index is 2.38. The molecule has 3 rings (SSSR count). The quantitative estimate of drug-likeness (QED) is 0.524. The van der Waals surface area contributed by atoms with E-state index in [1.807, 2.05) is 48.0 Å². The van der Waals surface area contributed by atoms with Gasteiger partial charge in [-0.05, 0) is 31.2 Å². The number of aryl methyl sites for hydroxylation is 1. The minimum atomic E-state index is 0.133. The number of carbonyl (C=O) groups excluding carboxylic acids is 1. The average Bonchev–Trinajstić information content (AvgIpc) is 2.72. The topological polar surface area (TPSA) is 22.0 Å². The lowest BCUT2D eigenvalue weighted by molar-refractivity contribution is 0.104.